The van der Waals surface area contributed by atoms with Crippen LogP contribution in [-0.4, -0.2) is 38.3 Å². The molecule has 1 aliphatic rings. The van der Waals surface area contributed by atoms with Crippen molar-refractivity contribution in [3.05, 3.63) is 53.7 Å². The predicted molar refractivity (Wildman–Crippen MR) is 87.7 cm³/mol. The molecule has 0 bridgehead atoms. The number of fused-ring (bicyclic) bond motifs is 2. The third kappa shape index (κ3) is 2.51. The minimum absolute atomic E-state index is 0.00414. The summed E-state index contributed by atoms with van der Waals surface area (Å²) < 4.78 is 0. The maximum absolute atomic E-state index is 12.6. The van der Waals surface area contributed by atoms with Crippen LogP contribution in [0.1, 0.15) is 17.0 Å². The highest BCUT2D eigenvalue weighted by Gasteiger charge is 2.26. The molecule has 0 spiro atoms. The molecule has 6 nitrogen and oxygen atoms in total. The molecule has 4 rings (SSSR count). The van der Waals surface area contributed by atoms with Gasteiger partial charge in [0.25, 0.3) is 0 Å². The molecule has 118 valence electrons. The van der Waals surface area contributed by atoms with Gasteiger partial charge in [-0.2, -0.15) is 0 Å². The van der Waals surface area contributed by atoms with E-state index in [1.807, 2.05) is 29.3 Å². The summed E-state index contributed by atoms with van der Waals surface area (Å²) in [6.07, 6.45) is 4.95. The van der Waals surface area contributed by atoms with Crippen molar-refractivity contribution >= 4 is 16.8 Å². The first-order chi connectivity index (χ1) is 11.2. The minimum atomic E-state index is -0.529. The molecule has 1 aliphatic heterocycles. The van der Waals surface area contributed by atoms with Gasteiger partial charge in [0.1, 0.15) is 0 Å². The number of carbonyl (C=O) groups excluding carboxylic acids is 1. The first-order valence-corrected chi connectivity index (χ1v) is 7.83. The second-order valence-electron chi connectivity index (χ2n) is 6.01. The van der Waals surface area contributed by atoms with E-state index in [9.17, 15) is 4.79 Å². The fourth-order valence-corrected chi connectivity index (χ4v) is 3.26. The summed E-state index contributed by atoms with van der Waals surface area (Å²) >= 11 is 0. The highest BCUT2D eigenvalue weighted by molar-refractivity contribution is 5.86. The quantitative estimate of drug-likeness (QED) is 0.682. The van der Waals surface area contributed by atoms with Gasteiger partial charge in [0, 0.05) is 30.1 Å². The maximum atomic E-state index is 12.6. The van der Waals surface area contributed by atoms with Crippen molar-refractivity contribution in [3.8, 4) is 0 Å². The van der Waals surface area contributed by atoms with Gasteiger partial charge >= 0.3 is 0 Å². The van der Waals surface area contributed by atoms with Gasteiger partial charge in [-0.15, -0.1) is 0 Å². The average molecular weight is 309 g/mol. The fourth-order valence-electron chi connectivity index (χ4n) is 3.26. The molecular weight excluding hydrogens is 290 g/mol. The average Bonchev–Trinajstić information content (AvgIpc) is 3.20. The van der Waals surface area contributed by atoms with Gasteiger partial charge < -0.3 is 20.6 Å². The Morgan fingerprint density at radius 2 is 2.22 bits per heavy atom. The minimum Gasteiger partial charge on any atom is -0.361 e. The van der Waals surface area contributed by atoms with Crippen LogP contribution in [0, 0.1) is 0 Å². The third-order valence-corrected chi connectivity index (χ3v) is 4.52. The van der Waals surface area contributed by atoms with Gasteiger partial charge in [-0.1, -0.05) is 18.2 Å². The number of nitrogens with two attached hydrogens (primary N) is 1. The largest absolute Gasteiger partial charge is 0.361 e. The maximum Gasteiger partial charge on any atom is 0.240 e. The number of nitrogens with zero attached hydrogens (tertiary/aromatic N) is 2. The SMILES string of the molecule is NC(Cc1c[nH]c2ccccc12)C(=O)N1CCc2nc[nH]c2C1. The number of aromatic amines is 2. The molecule has 0 saturated heterocycles. The van der Waals surface area contributed by atoms with E-state index in [2.05, 4.69) is 21.0 Å². The lowest BCUT2D eigenvalue weighted by Crippen LogP contribution is -2.46. The van der Waals surface area contributed by atoms with Crippen LogP contribution in [0.2, 0.25) is 0 Å². The first-order valence-electron chi connectivity index (χ1n) is 7.83. The number of carbonyl (C=O) groups is 1. The number of benzene rings is 1. The van der Waals surface area contributed by atoms with Crippen molar-refractivity contribution in [2.75, 3.05) is 6.54 Å². The van der Waals surface area contributed by atoms with E-state index in [-0.39, 0.29) is 5.91 Å². The number of imidazole rings is 1. The van der Waals surface area contributed by atoms with E-state index in [0.717, 1.165) is 34.3 Å². The first kappa shape index (κ1) is 14.0. The summed E-state index contributed by atoms with van der Waals surface area (Å²) in [5.74, 6) is -0.00414. The molecule has 1 atom stereocenters. The number of amides is 1. The lowest BCUT2D eigenvalue weighted by molar-refractivity contribution is -0.133. The normalized spacial score (nSPS) is 15.6. The highest BCUT2D eigenvalue weighted by atomic mass is 16.2. The van der Waals surface area contributed by atoms with Gasteiger partial charge in [-0.05, 0) is 18.1 Å². The van der Waals surface area contributed by atoms with E-state index in [0.29, 0.717) is 19.5 Å². The zero-order valence-corrected chi connectivity index (χ0v) is 12.7. The zero-order valence-electron chi connectivity index (χ0n) is 12.7. The molecule has 4 N–H and O–H groups in total. The van der Waals surface area contributed by atoms with Crippen molar-refractivity contribution in [3.63, 3.8) is 0 Å². The Bertz CT molecular complexity index is 849. The Balaban J connectivity index is 1.49. The Kier molecular flexibility index (Phi) is 3.38. The summed E-state index contributed by atoms with van der Waals surface area (Å²) in [6.45, 7) is 1.24. The topological polar surface area (TPSA) is 90.8 Å². The second kappa shape index (κ2) is 5.55. The van der Waals surface area contributed by atoms with E-state index in [1.165, 1.54) is 0 Å². The Labute approximate surface area is 133 Å². The number of hydrogen-bond donors (Lipinski definition) is 3. The molecule has 2 aromatic heterocycles. The number of nitrogens with one attached hydrogen (secondary N) is 2. The molecule has 3 heterocycles. The summed E-state index contributed by atoms with van der Waals surface area (Å²) in [5, 5.41) is 1.13. The van der Waals surface area contributed by atoms with Crippen LogP contribution in [0.3, 0.4) is 0 Å². The van der Waals surface area contributed by atoms with Crippen molar-refractivity contribution in [1.29, 1.82) is 0 Å². The molecule has 0 radical (unpaired) electrons. The number of aromatic nitrogens is 3. The number of H-pyrrole nitrogens is 2. The van der Waals surface area contributed by atoms with Crippen LogP contribution in [0.5, 0.6) is 0 Å². The lowest BCUT2D eigenvalue weighted by Gasteiger charge is -2.28. The summed E-state index contributed by atoms with van der Waals surface area (Å²) in [4.78, 5) is 25.1. The van der Waals surface area contributed by atoms with Crippen LogP contribution in [-0.2, 0) is 24.2 Å². The Morgan fingerprint density at radius 3 is 3.13 bits per heavy atom. The number of hydrogen-bond acceptors (Lipinski definition) is 3. The molecule has 0 saturated carbocycles. The fraction of sp³-hybridized carbons (Fsp3) is 0.294. The summed E-state index contributed by atoms with van der Waals surface area (Å²) in [5.41, 5.74) is 10.4. The predicted octanol–water partition coefficient (Wildman–Crippen LogP) is 1.35. The standard InChI is InChI=1S/C17H19N5O/c18-13(7-11-8-19-14-4-2-1-3-12(11)14)17(23)22-6-5-15-16(9-22)21-10-20-15/h1-4,8,10,13,19H,5-7,9,18H2,(H,20,21). The van der Waals surface area contributed by atoms with E-state index in [4.69, 9.17) is 5.73 Å². The summed E-state index contributed by atoms with van der Waals surface area (Å²) in [7, 11) is 0. The highest BCUT2D eigenvalue weighted by Crippen LogP contribution is 2.20. The lowest BCUT2D eigenvalue weighted by atomic mass is 10.0. The number of rotatable bonds is 3. The van der Waals surface area contributed by atoms with Crippen molar-refractivity contribution < 1.29 is 4.79 Å². The van der Waals surface area contributed by atoms with Gasteiger partial charge in [-0.25, -0.2) is 4.98 Å². The van der Waals surface area contributed by atoms with Crippen LogP contribution in [0.4, 0.5) is 0 Å². The molecule has 6 heteroatoms. The van der Waals surface area contributed by atoms with Gasteiger partial charge in [0.05, 0.1) is 30.3 Å². The smallest absolute Gasteiger partial charge is 0.240 e. The van der Waals surface area contributed by atoms with Gasteiger partial charge in [0.2, 0.25) is 5.91 Å². The molecule has 1 amide bonds. The van der Waals surface area contributed by atoms with E-state index < -0.39 is 6.04 Å². The van der Waals surface area contributed by atoms with Crippen molar-refractivity contribution in [2.24, 2.45) is 5.73 Å². The molecule has 0 aliphatic carbocycles. The monoisotopic (exact) mass is 309 g/mol. The van der Waals surface area contributed by atoms with Crippen LogP contribution < -0.4 is 5.73 Å². The molecule has 1 aromatic carbocycles. The van der Waals surface area contributed by atoms with E-state index >= 15 is 0 Å². The summed E-state index contributed by atoms with van der Waals surface area (Å²) in [6, 6.07) is 7.53. The van der Waals surface area contributed by atoms with Crippen LogP contribution in [0.15, 0.2) is 36.8 Å². The zero-order chi connectivity index (χ0) is 15.8. The Hall–Kier alpha value is -2.60. The molecule has 3 aromatic rings. The molecular formula is C17H19N5O. The van der Waals surface area contributed by atoms with Gasteiger partial charge in [0.15, 0.2) is 0 Å². The Morgan fingerprint density at radius 1 is 1.35 bits per heavy atom. The van der Waals surface area contributed by atoms with Gasteiger partial charge in [-0.3, -0.25) is 4.79 Å². The third-order valence-electron chi connectivity index (χ3n) is 4.52. The molecule has 0 fully saturated rings. The second-order valence-corrected chi connectivity index (χ2v) is 6.01. The van der Waals surface area contributed by atoms with Crippen molar-refractivity contribution in [2.45, 2.75) is 25.4 Å². The van der Waals surface area contributed by atoms with Crippen molar-refractivity contribution in [1.82, 2.24) is 19.9 Å². The van der Waals surface area contributed by atoms with Crippen LogP contribution >= 0.6 is 0 Å². The number of para-hydroxylation sites is 1. The van der Waals surface area contributed by atoms with Crippen LogP contribution in [0.25, 0.3) is 10.9 Å². The molecule has 23 heavy (non-hydrogen) atoms. The molecule has 1 unspecified atom stereocenters. The van der Waals surface area contributed by atoms with E-state index in [1.54, 1.807) is 6.33 Å².